The third-order valence-corrected chi connectivity index (χ3v) is 1.12. The van der Waals surface area contributed by atoms with E-state index >= 15 is 0 Å². The number of hydrogen-bond acceptors (Lipinski definition) is 2. The zero-order valence-electron chi connectivity index (χ0n) is 5.61. The fourth-order valence-electron chi connectivity index (χ4n) is 0.641. The first-order chi connectivity index (χ1) is 5.02. The minimum Gasteiger partial charge on any atom is -0.233 e. The Bertz CT molecular complexity index is 256. The van der Waals surface area contributed by atoms with Crippen LogP contribution >= 0.6 is 0 Å². The Hall–Kier alpha value is -1.13. The molecule has 0 amide bonds. The Morgan fingerprint density at radius 2 is 2.09 bits per heavy atom. The van der Waals surface area contributed by atoms with Gasteiger partial charge in [0.15, 0.2) is 12.0 Å². The zero-order chi connectivity index (χ0) is 8.48. The fraction of sp³-hybridized carbons (Fsp3) is 0.333. The van der Waals surface area contributed by atoms with Crippen molar-refractivity contribution in [2.24, 2.45) is 0 Å². The summed E-state index contributed by atoms with van der Waals surface area (Å²) in [5.41, 5.74) is -0.913. The van der Waals surface area contributed by atoms with Gasteiger partial charge in [-0.2, -0.15) is 13.2 Å². The number of aromatic nitrogens is 2. The van der Waals surface area contributed by atoms with Crippen LogP contribution in [0.5, 0.6) is 0 Å². The van der Waals surface area contributed by atoms with Gasteiger partial charge in [0.2, 0.25) is 0 Å². The van der Waals surface area contributed by atoms with Crippen molar-refractivity contribution in [3.05, 3.63) is 23.8 Å². The van der Waals surface area contributed by atoms with Crippen molar-refractivity contribution in [1.29, 1.82) is 0 Å². The fourth-order valence-corrected chi connectivity index (χ4v) is 0.641. The minimum atomic E-state index is -4.40. The maximum absolute atomic E-state index is 11.9. The number of nitrogens with zero attached hydrogens (tertiary/aromatic N) is 2. The molecule has 0 aliphatic heterocycles. The van der Waals surface area contributed by atoms with Crippen molar-refractivity contribution in [3.8, 4) is 0 Å². The summed E-state index contributed by atoms with van der Waals surface area (Å²) in [6.45, 7) is 1.30. The predicted octanol–water partition coefficient (Wildman–Crippen LogP) is 1.60. The summed E-state index contributed by atoms with van der Waals surface area (Å²) in [5.74, 6) is 0. The largest absolute Gasteiger partial charge is 0.433 e. The molecule has 5 heteroatoms. The summed E-state index contributed by atoms with van der Waals surface area (Å²) in [7, 11) is 0. The van der Waals surface area contributed by atoms with Crippen LogP contribution in [0.2, 0.25) is 0 Å². The van der Waals surface area contributed by atoms with Gasteiger partial charge in [0, 0.05) is 6.20 Å². The summed E-state index contributed by atoms with van der Waals surface area (Å²) in [4.78, 5) is 6.31. The van der Waals surface area contributed by atoms with Gasteiger partial charge in [-0.25, -0.2) is 9.97 Å². The molecule has 1 aromatic rings. The van der Waals surface area contributed by atoms with E-state index in [1.165, 1.54) is 6.92 Å². The molecule has 0 bridgehead atoms. The Labute approximate surface area is 61.1 Å². The lowest BCUT2D eigenvalue weighted by Gasteiger charge is -2.05. The number of alkyl halides is 3. The molecule has 1 radical (unpaired) electrons. The molecule has 11 heavy (non-hydrogen) atoms. The number of hydrogen-bond donors (Lipinski definition) is 0. The van der Waals surface area contributed by atoms with Gasteiger partial charge in [0.05, 0.1) is 0 Å². The Balaban J connectivity index is 3.14. The molecule has 0 saturated heterocycles. The van der Waals surface area contributed by atoms with Gasteiger partial charge in [-0.1, -0.05) is 0 Å². The van der Waals surface area contributed by atoms with E-state index in [4.69, 9.17) is 0 Å². The molecule has 0 N–H and O–H groups in total. The van der Waals surface area contributed by atoms with E-state index in [0.29, 0.717) is 0 Å². The highest BCUT2D eigenvalue weighted by molar-refractivity contribution is 5.15. The summed E-state index contributed by atoms with van der Waals surface area (Å²) in [6, 6.07) is 0. The van der Waals surface area contributed by atoms with Crippen LogP contribution in [0.1, 0.15) is 11.3 Å². The van der Waals surface area contributed by atoms with Crippen LogP contribution in [0.25, 0.3) is 0 Å². The quantitative estimate of drug-likeness (QED) is 0.577. The summed E-state index contributed by atoms with van der Waals surface area (Å²) >= 11 is 0. The minimum absolute atomic E-state index is 0.0104. The molecule has 2 nitrogen and oxygen atoms in total. The van der Waals surface area contributed by atoms with E-state index in [0.717, 1.165) is 6.20 Å². The van der Waals surface area contributed by atoms with Gasteiger partial charge in [-0.3, -0.25) is 0 Å². The van der Waals surface area contributed by atoms with E-state index in [-0.39, 0.29) is 5.56 Å². The highest BCUT2D eigenvalue weighted by Gasteiger charge is 2.34. The molecule has 0 aliphatic rings. The lowest BCUT2D eigenvalue weighted by Crippen LogP contribution is -2.10. The normalized spacial score (nSPS) is 11.6. The highest BCUT2D eigenvalue weighted by atomic mass is 19.4. The lowest BCUT2D eigenvalue weighted by atomic mass is 10.2. The van der Waals surface area contributed by atoms with Gasteiger partial charge in [0.25, 0.3) is 0 Å². The Morgan fingerprint density at radius 3 is 2.45 bits per heavy atom. The zero-order valence-corrected chi connectivity index (χ0v) is 5.61. The van der Waals surface area contributed by atoms with Crippen molar-refractivity contribution in [2.75, 3.05) is 0 Å². The lowest BCUT2D eigenvalue weighted by molar-refractivity contribution is -0.141. The molecule has 0 fully saturated rings. The smallest absolute Gasteiger partial charge is 0.233 e. The Morgan fingerprint density at radius 1 is 1.45 bits per heavy atom. The third-order valence-electron chi connectivity index (χ3n) is 1.12. The standard InChI is InChI=1S/C6H4F3N2/c1-4-2-10-3-11-5(4)6(7,8)9/h2H,1H3. The molecule has 0 saturated carbocycles. The second-order valence-electron chi connectivity index (χ2n) is 2.00. The maximum Gasteiger partial charge on any atom is 0.433 e. The van der Waals surface area contributed by atoms with Crippen LogP contribution in [-0.2, 0) is 6.18 Å². The van der Waals surface area contributed by atoms with E-state index in [9.17, 15) is 13.2 Å². The first-order valence-electron chi connectivity index (χ1n) is 2.78. The van der Waals surface area contributed by atoms with Crippen molar-refractivity contribution >= 4 is 0 Å². The third kappa shape index (κ3) is 1.66. The molecule has 0 atom stereocenters. The van der Waals surface area contributed by atoms with Gasteiger partial charge in [-0.05, 0) is 12.5 Å². The average molecular weight is 161 g/mol. The number of rotatable bonds is 0. The monoisotopic (exact) mass is 161 g/mol. The first-order valence-corrected chi connectivity index (χ1v) is 2.78. The first kappa shape index (κ1) is 7.97. The van der Waals surface area contributed by atoms with Gasteiger partial charge < -0.3 is 0 Å². The molecule has 59 valence electrons. The van der Waals surface area contributed by atoms with Crippen molar-refractivity contribution < 1.29 is 13.2 Å². The predicted molar refractivity (Wildman–Crippen MR) is 30.6 cm³/mol. The van der Waals surface area contributed by atoms with E-state index < -0.39 is 11.9 Å². The van der Waals surface area contributed by atoms with Crippen molar-refractivity contribution in [2.45, 2.75) is 13.1 Å². The highest BCUT2D eigenvalue weighted by Crippen LogP contribution is 2.28. The van der Waals surface area contributed by atoms with E-state index in [1.54, 1.807) is 0 Å². The molecule has 1 rings (SSSR count). The van der Waals surface area contributed by atoms with Crippen LogP contribution in [-0.4, -0.2) is 9.97 Å². The Kier molecular flexibility index (Phi) is 1.80. The maximum atomic E-state index is 11.9. The molecule has 0 aromatic carbocycles. The topological polar surface area (TPSA) is 25.8 Å². The molecule has 0 aliphatic carbocycles. The van der Waals surface area contributed by atoms with Crippen LogP contribution < -0.4 is 0 Å². The SMILES string of the molecule is Cc1cn[c]nc1C(F)(F)F. The van der Waals surface area contributed by atoms with Crippen molar-refractivity contribution in [1.82, 2.24) is 9.97 Å². The van der Waals surface area contributed by atoms with Crippen LogP contribution in [0.4, 0.5) is 13.2 Å². The van der Waals surface area contributed by atoms with E-state index in [2.05, 4.69) is 9.97 Å². The van der Waals surface area contributed by atoms with Gasteiger partial charge >= 0.3 is 6.18 Å². The molecule has 1 heterocycles. The second kappa shape index (κ2) is 2.48. The molecule has 1 aromatic heterocycles. The van der Waals surface area contributed by atoms with Crippen LogP contribution in [0.3, 0.4) is 0 Å². The summed E-state index contributed by atoms with van der Waals surface area (Å²) in [6.07, 6.45) is -1.43. The molecule has 0 spiro atoms. The summed E-state index contributed by atoms with van der Waals surface area (Å²) in [5, 5.41) is 0. The number of aryl methyl sites for hydroxylation is 1. The number of halogens is 3. The van der Waals surface area contributed by atoms with E-state index in [1.807, 2.05) is 6.33 Å². The molecular formula is C6H4F3N2. The molecule has 0 unspecified atom stereocenters. The summed E-state index contributed by atoms with van der Waals surface area (Å²) < 4.78 is 35.8. The van der Waals surface area contributed by atoms with Gasteiger partial charge in [0.1, 0.15) is 0 Å². The van der Waals surface area contributed by atoms with Crippen LogP contribution in [0.15, 0.2) is 6.20 Å². The molecular weight excluding hydrogens is 157 g/mol. The average Bonchev–Trinajstić information content (AvgIpc) is 1.86. The van der Waals surface area contributed by atoms with Crippen LogP contribution in [0, 0.1) is 13.3 Å². The van der Waals surface area contributed by atoms with Gasteiger partial charge in [-0.15, -0.1) is 0 Å². The van der Waals surface area contributed by atoms with Crippen molar-refractivity contribution in [3.63, 3.8) is 0 Å². The second-order valence-corrected chi connectivity index (χ2v) is 2.00.